The minimum Gasteiger partial charge on any atom is -0.508 e. The molecule has 2 aromatic rings. The van der Waals surface area contributed by atoms with E-state index in [1.165, 1.54) is 11.1 Å². The summed E-state index contributed by atoms with van der Waals surface area (Å²) in [5.41, 5.74) is 3.40. The molecule has 32 heavy (non-hydrogen) atoms. The highest BCUT2D eigenvalue weighted by Gasteiger charge is 2.63. The first-order valence-corrected chi connectivity index (χ1v) is 12.2. The van der Waals surface area contributed by atoms with Gasteiger partial charge in [-0.15, -0.1) is 0 Å². The van der Waals surface area contributed by atoms with Gasteiger partial charge in [-0.05, 0) is 78.3 Å². The van der Waals surface area contributed by atoms with Crippen LogP contribution in [-0.2, 0) is 26.8 Å². The summed E-state index contributed by atoms with van der Waals surface area (Å²) in [6.45, 7) is 9.25. The molecule has 0 spiro atoms. The molecule has 2 fully saturated rings. The first-order chi connectivity index (χ1) is 15.4. The Morgan fingerprint density at radius 3 is 2.75 bits per heavy atom. The van der Waals surface area contributed by atoms with Crippen molar-refractivity contribution < 1.29 is 14.6 Å². The molecule has 1 saturated carbocycles. The number of fused-ring (bicyclic) bond motifs is 4. The Labute approximate surface area is 191 Å². The van der Waals surface area contributed by atoms with Gasteiger partial charge in [0.25, 0.3) is 0 Å². The molecule has 1 saturated heterocycles. The lowest BCUT2D eigenvalue weighted by molar-refractivity contribution is -0.147. The Bertz CT molecular complexity index is 1000. The third-order valence-corrected chi connectivity index (χ3v) is 8.76. The van der Waals surface area contributed by atoms with E-state index >= 15 is 0 Å². The number of carbonyl (C=O) groups excluding carboxylic acids is 1. The molecule has 1 heterocycles. The summed E-state index contributed by atoms with van der Waals surface area (Å²) in [6.07, 6.45) is 3.81. The molecule has 3 aliphatic rings. The number of hydrogen-bond acceptors (Lipinski definition) is 4. The maximum Gasteiger partial charge on any atom is 0.316 e. The molecule has 0 radical (unpaired) electrons. The number of rotatable bonds is 6. The van der Waals surface area contributed by atoms with Crippen LogP contribution < -0.4 is 0 Å². The lowest BCUT2D eigenvalue weighted by Crippen LogP contribution is -2.58. The Hall–Kier alpha value is -2.33. The zero-order valence-corrected chi connectivity index (χ0v) is 19.5. The fraction of sp³-hybridized carbons (Fsp3) is 0.536. The third-order valence-electron chi connectivity index (χ3n) is 8.76. The minimum absolute atomic E-state index is 0.0464. The van der Waals surface area contributed by atoms with Gasteiger partial charge in [-0.2, -0.15) is 0 Å². The Kier molecular flexibility index (Phi) is 5.32. The third kappa shape index (κ3) is 3.26. The molecule has 2 aromatic carbocycles. The molecular formula is C28H35NO3. The molecule has 5 rings (SSSR count). The smallest absolute Gasteiger partial charge is 0.316 e. The highest BCUT2D eigenvalue weighted by atomic mass is 16.5. The van der Waals surface area contributed by atoms with Gasteiger partial charge in [-0.1, -0.05) is 57.2 Å². The molecule has 1 aliphatic heterocycles. The molecule has 1 unspecified atom stereocenters. The average molecular weight is 434 g/mol. The fourth-order valence-electron chi connectivity index (χ4n) is 6.54. The molecule has 2 bridgehead atoms. The Morgan fingerprint density at radius 2 is 2.00 bits per heavy atom. The number of phenolic OH excluding ortho intramolecular Hbond substituents is 1. The van der Waals surface area contributed by atoms with E-state index < -0.39 is 5.41 Å². The van der Waals surface area contributed by atoms with Crippen LogP contribution in [0.5, 0.6) is 5.75 Å². The number of likely N-dealkylation sites (tertiary alicyclic amines) is 1. The van der Waals surface area contributed by atoms with Crippen LogP contribution >= 0.6 is 0 Å². The van der Waals surface area contributed by atoms with E-state index in [9.17, 15) is 9.90 Å². The summed E-state index contributed by atoms with van der Waals surface area (Å²) in [5.74, 6) is 1.12. The van der Waals surface area contributed by atoms with Crippen LogP contribution in [0.25, 0.3) is 0 Å². The molecule has 0 amide bonds. The second-order valence-electron chi connectivity index (χ2n) is 10.4. The number of nitrogens with zero attached hydrogens (tertiary/aromatic N) is 1. The summed E-state index contributed by atoms with van der Waals surface area (Å²) >= 11 is 0. The summed E-state index contributed by atoms with van der Waals surface area (Å²) < 4.78 is 5.69. The maximum absolute atomic E-state index is 13.2. The summed E-state index contributed by atoms with van der Waals surface area (Å²) in [6, 6.07) is 16.6. The van der Waals surface area contributed by atoms with Crippen molar-refractivity contribution in [2.75, 3.05) is 19.7 Å². The van der Waals surface area contributed by atoms with Crippen LogP contribution in [0.1, 0.15) is 56.7 Å². The molecule has 1 N–H and O–H groups in total. The quantitative estimate of drug-likeness (QED) is 0.663. The maximum atomic E-state index is 13.2. The van der Waals surface area contributed by atoms with Crippen molar-refractivity contribution in [3.05, 3.63) is 65.2 Å². The largest absolute Gasteiger partial charge is 0.508 e. The van der Waals surface area contributed by atoms with Crippen molar-refractivity contribution in [2.45, 2.75) is 63.3 Å². The van der Waals surface area contributed by atoms with Gasteiger partial charge >= 0.3 is 5.97 Å². The summed E-state index contributed by atoms with van der Waals surface area (Å²) in [4.78, 5) is 15.8. The molecule has 0 aromatic heterocycles. The van der Waals surface area contributed by atoms with Gasteiger partial charge in [-0.25, -0.2) is 0 Å². The predicted molar refractivity (Wildman–Crippen MR) is 126 cm³/mol. The van der Waals surface area contributed by atoms with E-state index in [0.717, 1.165) is 44.3 Å². The van der Waals surface area contributed by atoms with Crippen molar-refractivity contribution in [1.29, 1.82) is 0 Å². The van der Waals surface area contributed by atoms with E-state index in [2.05, 4.69) is 36.9 Å². The monoisotopic (exact) mass is 433 g/mol. The molecular weight excluding hydrogens is 398 g/mol. The number of carbonyl (C=O) groups is 1. The van der Waals surface area contributed by atoms with E-state index in [1.807, 2.05) is 37.3 Å². The topological polar surface area (TPSA) is 49.8 Å². The average Bonchev–Trinajstić information content (AvgIpc) is 3.53. The van der Waals surface area contributed by atoms with Crippen LogP contribution in [-0.4, -0.2) is 41.7 Å². The van der Waals surface area contributed by atoms with E-state index in [-0.39, 0.29) is 11.4 Å². The first-order valence-electron chi connectivity index (χ1n) is 12.2. The van der Waals surface area contributed by atoms with E-state index in [1.54, 1.807) is 0 Å². The molecule has 170 valence electrons. The second kappa shape index (κ2) is 7.91. The Balaban J connectivity index is 1.39. The molecule has 2 aliphatic carbocycles. The van der Waals surface area contributed by atoms with Gasteiger partial charge in [0.1, 0.15) is 5.75 Å². The van der Waals surface area contributed by atoms with Gasteiger partial charge in [0, 0.05) is 12.6 Å². The predicted octanol–water partition coefficient (Wildman–Crippen LogP) is 4.83. The highest BCUT2D eigenvalue weighted by Crippen LogP contribution is 2.57. The van der Waals surface area contributed by atoms with Crippen molar-refractivity contribution >= 4 is 5.97 Å². The number of phenols is 1. The standard InChI is InChI=1S/C28H35NO3/c1-4-14-32-26(31)28(21-8-6-5-7-9-21)17-22(28)18-29-13-12-27(3)19(2)25(29)15-20-10-11-23(30)16-24(20)27/h5-11,16,19,22,25,30H,4,12-15,17-18H2,1-3H3/t19?,22-,25+,27+,28+/m0/s1. The number of hydrogen-bond donors (Lipinski definition) is 1. The lowest BCUT2D eigenvalue weighted by atomic mass is 9.59. The van der Waals surface area contributed by atoms with E-state index in [4.69, 9.17) is 4.74 Å². The van der Waals surface area contributed by atoms with Gasteiger partial charge < -0.3 is 9.84 Å². The number of ether oxygens (including phenoxy) is 1. The molecule has 4 nitrogen and oxygen atoms in total. The van der Waals surface area contributed by atoms with Gasteiger partial charge in [0.15, 0.2) is 0 Å². The molecule has 5 atom stereocenters. The first kappa shape index (κ1) is 21.5. The van der Waals surface area contributed by atoms with Crippen LogP contribution in [0.4, 0.5) is 0 Å². The summed E-state index contributed by atoms with van der Waals surface area (Å²) in [5, 5.41) is 10.1. The highest BCUT2D eigenvalue weighted by molar-refractivity contribution is 5.87. The van der Waals surface area contributed by atoms with Crippen LogP contribution in [0.15, 0.2) is 48.5 Å². The van der Waals surface area contributed by atoms with Gasteiger partial charge in [0.05, 0.1) is 12.0 Å². The normalized spacial score (nSPS) is 33.4. The van der Waals surface area contributed by atoms with Crippen LogP contribution in [0.2, 0.25) is 0 Å². The number of aromatic hydroxyl groups is 1. The SMILES string of the molecule is CCCOC(=O)[C@@]1(c2ccccc2)C[C@H]1CN1CC[C@@]2(C)c3cc(O)ccc3C[C@@H]1C2C. The van der Waals surface area contributed by atoms with Crippen LogP contribution in [0.3, 0.4) is 0 Å². The van der Waals surface area contributed by atoms with Crippen molar-refractivity contribution in [3.63, 3.8) is 0 Å². The van der Waals surface area contributed by atoms with Crippen molar-refractivity contribution in [3.8, 4) is 5.75 Å². The number of benzene rings is 2. The Morgan fingerprint density at radius 1 is 1.22 bits per heavy atom. The van der Waals surface area contributed by atoms with Crippen LogP contribution in [0, 0.1) is 11.8 Å². The van der Waals surface area contributed by atoms with Crippen molar-refractivity contribution in [2.24, 2.45) is 11.8 Å². The number of piperidine rings is 1. The van der Waals surface area contributed by atoms with Gasteiger partial charge in [0.2, 0.25) is 0 Å². The number of esters is 1. The minimum atomic E-state index is -0.487. The van der Waals surface area contributed by atoms with Crippen molar-refractivity contribution in [1.82, 2.24) is 4.90 Å². The van der Waals surface area contributed by atoms with Gasteiger partial charge in [-0.3, -0.25) is 9.69 Å². The fourth-order valence-corrected chi connectivity index (χ4v) is 6.54. The second-order valence-corrected chi connectivity index (χ2v) is 10.4. The lowest BCUT2D eigenvalue weighted by Gasteiger charge is -2.55. The van der Waals surface area contributed by atoms with E-state index in [0.29, 0.717) is 30.2 Å². The zero-order chi connectivity index (χ0) is 22.5. The zero-order valence-electron chi connectivity index (χ0n) is 19.5. The molecule has 4 heteroatoms. The summed E-state index contributed by atoms with van der Waals surface area (Å²) in [7, 11) is 0.